The average Bonchev–Trinajstić information content (AvgIpc) is 2.21. The number of allylic oxidation sites excluding steroid dienone is 2. The van der Waals surface area contributed by atoms with E-state index >= 15 is 0 Å². The Hall–Kier alpha value is -1.05. The molecule has 0 amide bonds. The molecular formula is C10H9FeN2-. The molecule has 1 aliphatic rings. The zero-order valence-corrected chi connectivity index (χ0v) is 8.10. The van der Waals surface area contributed by atoms with Crippen molar-refractivity contribution in [2.45, 2.75) is 0 Å². The minimum Gasteiger partial charge on any atom is -0.679 e. The quantitative estimate of drug-likeness (QED) is 0.657. The van der Waals surface area contributed by atoms with Gasteiger partial charge in [-0.15, -0.1) is 18.3 Å². The van der Waals surface area contributed by atoms with Crippen LogP contribution in [0.5, 0.6) is 0 Å². The molecule has 0 bridgehead atoms. The van der Waals surface area contributed by atoms with Crippen molar-refractivity contribution in [3.05, 3.63) is 53.6 Å². The average molecular weight is 213 g/mol. The van der Waals surface area contributed by atoms with Crippen LogP contribution in [-0.2, 0) is 17.1 Å². The molecule has 0 saturated heterocycles. The number of pyridine rings is 1. The monoisotopic (exact) mass is 213 g/mol. The second-order valence-corrected chi connectivity index (χ2v) is 2.54. The second kappa shape index (κ2) is 4.85. The van der Waals surface area contributed by atoms with Crippen LogP contribution in [0.2, 0.25) is 0 Å². The molecule has 0 N–H and O–H groups in total. The van der Waals surface area contributed by atoms with Gasteiger partial charge in [-0.05, 0) is 12.1 Å². The first-order chi connectivity index (χ1) is 5.97. The van der Waals surface area contributed by atoms with E-state index in [2.05, 4.69) is 10.3 Å². The van der Waals surface area contributed by atoms with E-state index in [1.807, 2.05) is 36.4 Å². The SMILES string of the molecule is C1=CC[N-]C(c2ccccn2)=C1.[Fe]. The van der Waals surface area contributed by atoms with Gasteiger partial charge in [-0.2, -0.15) is 0 Å². The Labute approximate surface area is 88.2 Å². The fraction of sp³-hybridized carbons (Fsp3) is 0.100. The Balaban J connectivity index is 0.000000845. The zero-order chi connectivity index (χ0) is 8.23. The molecule has 0 aliphatic carbocycles. The van der Waals surface area contributed by atoms with Crippen molar-refractivity contribution in [3.63, 3.8) is 0 Å². The van der Waals surface area contributed by atoms with Gasteiger partial charge in [-0.1, -0.05) is 18.2 Å². The third-order valence-electron chi connectivity index (χ3n) is 1.68. The van der Waals surface area contributed by atoms with Gasteiger partial charge in [0.2, 0.25) is 0 Å². The maximum absolute atomic E-state index is 4.31. The van der Waals surface area contributed by atoms with E-state index in [0.717, 1.165) is 17.9 Å². The molecule has 0 fully saturated rings. The van der Waals surface area contributed by atoms with Gasteiger partial charge in [-0.25, -0.2) is 0 Å². The summed E-state index contributed by atoms with van der Waals surface area (Å²) in [5, 5.41) is 4.31. The van der Waals surface area contributed by atoms with Crippen LogP contribution in [0.1, 0.15) is 5.69 Å². The summed E-state index contributed by atoms with van der Waals surface area (Å²) in [6.07, 6.45) is 7.79. The first-order valence-corrected chi connectivity index (χ1v) is 3.92. The van der Waals surface area contributed by atoms with E-state index in [1.54, 1.807) is 6.20 Å². The Kier molecular flexibility index (Phi) is 3.74. The normalized spacial score (nSPS) is 14.0. The van der Waals surface area contributed by atoms with Crippen molar-refractivity contribution in [2.24, 2.45) is 0 Å². The molecule has 2 nitrogen and oxygen atoms in total. The fourth-order valence-electron chi connectivity index (χ4n) is 1.10. The van der Waals surface area contributed by atoms with Gasteiger partial charge in [0.05, 0.1) is 0 Å². The Morgan fingerprint density at radius 3 is 2.85 bits per heavy atom. The summed E-state index contributed by atoms with van der Waals surface area (Å²) in [7, 11) is 0. The first kappa shape index (κ1) is 10.0. The van der Waals surface area contributed by atoms with E-state index < -0.39 is 0 Å². The van der Waals surface area contributed by atoms with Crippen LogP contribution < -0.4 is 0 Å². The molecule has 0 saturated carbocycles. The summed E-state index contributed by atoms with van der Waals surface area (Å²) < 4.78 is 0. The molecular weight excluding hydrogens is 204 g/mol. The number of aromatic nitrogens is 1. The van der Waals surface area contributed by atoms with Crippen LogP contribution in [0.3, 0.4) is 0 Å². The number of rotatable bonds is 1. The number of hydrogen-bond donors (Lipinski definition) is 0. The molecule has 3 heteroatoms. The van der Waals surface area contributed by atoms with Crippen molar-refractivity contribution in [2.75, 3.05) is 6.54 Å². The third-order valence-corrected chi connectivity index (χ3v) is 1.68. The van der Waals surface area contributed by atoms with Gasteiger partial charge in [0, 0.05) is 29.0 Å². The summed E-state index contributed by atoms with van der Waals surface area (Å²) >= 11 is 0. The molecule has 0 unspecified atom stereocenters. The van der Waals surface area contributed by atoms with Gasteiger partial charge in [0.25, 0.3) is 0 Å². The molecule has 68 valence electrons. The Bertz CT molecular complexity index is 317. The first-order valence-electron chi connectivity index (χ1n) is 3.92. The topological polar surface area (TPSA) is 27.0 Å². The molecule has 1 aromatic heterocycles. The van der Waals surface area contributed by atoms with Crippen LogP contribution in [0.15, 0.2) is 42.6 Å². The van der Waals surface area contributed by atoms with Crippen LogP contribution >= 0.6 is 0 Å². The predicted molar refractivity (Wildman–Crippen MR) is 49.6 cm³/mol. The van der Waals surface area contributed by atoms with Gasteiger partial charge in [0.1, 0.15) is 0 Å². The van der Waals surface area contributed by atoms with Crippen molar-refractivity contribution in [3.8, 4) is 0 Å². The molecule has 1 aromatic rings. The molecule has 0 spiro atoms. The van der Waals surface area contributed by atoms with Crippen molar-refractivity contribution in [1.82, 2.24) is 4.98 Å². The van der Waals surface area contributed by atoms with Crippen molar-refractivity contribution in [1.29, 1.82) is 0 Å². The van der Waals surface area contributed by atoms with Gasteiger partial charge >= 0.3 is 0 Å². The summed E-state index contributed by atoms with van der Waals surface area (Å²) in [5.41, 5.74) is 1.92. The van der Waals surface area contributed by atoms with E-state index in [9.17, 15) is 0 Å². The van der Waals surface area contributed by atoms with E-state index in [0.29, 0.717) is 0 Å². The van der Waals surface area contributed by atoms with Crippen LogP contribution in [0, 0.1) is 0 Å². The van der Waals surface area contributed by atoms with E-state index in [-0.39, 0.29) is 17.1 Å². The smallest absolute Gasteiger partial charge is 0.0480 e. The van der Waals surface area contributed by atoms with Gasteiger partial charge < -0.3 is 5.32 Å². The second-order valence-electron chi connectivity index (χ2n) is 2.54. The molecule has 0 radical (unpaired) electrons. The minimum absolute atomic E-state index is 0. The maximum Gasteiger partial charge on any atom is 0.0480 e. The summed E-state index contributed by atoms with van der Waals surface area (Å²) in [6, 6.07) is 5.84. The zero-order valence-electron chi connectivity index (χ0n) is 7.00. The van der Waals surface area contributed by atoms with Crippen molar-refractivity contribution >= 4 is 5.70 Å². The minimum atomic E-state index is 0. The standard InChI is InChI=1S/C10H9N2.Fe/c1-3-7-11-9(5-1)10-6-2-4-8-12-10;/h1-7H,8H2;/q-1;. The van der Waals surface area contributed by atoms with Crippen LogP contribution in [0.4, 0.5) is 0 Å². The van der Waals surface area contributed by atoms with Gasteiger partial charge in [0.15, 0.2) is 0 Å². The van der Waals surface area contributed by atoms with E-state index in [4.69, 9.17) is 0 Å². The summed E-state index contributed by atoms with van der Waals surface area (Å²) in [6.45, 7) is 0.766. The maximum atomic E-state index is 4.31. The molecule has 2 heterocycles. The molecule has 13 heavy (non-hydrogen) atoms. The molecule has 1 aliphatic heterocycles. The molecule has 2 rings (SSSR count). The summed E-state index contributed by atoms with van der Waals surface area (Å²) in [5.74, 6) is 0. The Morgan fingerprint density at radius 2 is 2.23 bits per heavy atom. The predicted octanol–water partition coefficient (Wildman–Crippen LogP) is 2.36. The Morgan fingerprint density at radius 1 is 1.31 bits per heavy atom. The van der Waals surface area contributed by atoms with Crippen LogP contribution in [-0.4, -0.2) is 11.5 Å². The number of nitrogens with zero attached hydrogens (tertiary/aromatic N) is 2. The van der Waals surface area contributed by atoms with Crippen molar-refractivity contribution < 1.29 is 17.1 Å². The molecule has 0 aromatic carbocycles. The van der Waals surface area contributed by atoms with E-state index in [1.165, 1.54) is 0 Å². The largest absolute Gasteiger partial charge is 0.679 e. The molecule has 0 atom stereocenters. The number of hydrogen-bond acceptors (Lipinski definition) is 1. The fourth-order valence-corrected chi connectivity index (χ4v) is 1.10. The third kappa shape index (κ3) is 2.44. The summed E-state index contributed by atoms with van der Waals surface area (Å²) in [4.78, 5) is 4.21. The van der Waals surface area contributed by atoms with Gasteiger partial charge in [-0.3, -0.25) is 4.98 Å². The van der Waals surface area contributed by atoms with Crippen LogP contribution in [0.25, 0.3) is 11.0 Å².